The summed E-state index contributed by atoms with van der Waals surface area (Å²) in [5, 5.41) is 10.5. The third kappa shape index (κ3) is 4.01. The molecule has 1 saturated heterocycles. The molecule has 0 aliphatic carbocycles. The summed E-state index contributed by atoms with van der Waals surface area (Å²) in [6, 6.07) is -0.380. The molecule has 0 saturated carbocycles. The number of piperidine rings is 1. The van der Waals surface area contributed by atoms with Crippen molar-refractivity contribution in [2.75, 3.05) is 19.6 Å². The lowest BCUT2D eigenvalue weighted by Gasteiger charge is -2.29. The second kappa shape index (κ2) is 7.16. The van der Waals surface area contributed by atoms with E-state index in [1.165, 1.54) is 6.42 Å². The lowest BCUT2D eigenvalue weighted by Crippen LogP contribution is -2.39. The Morgan fingerprint density at radius 2 is 2.10 bits per heavy atom. The fourth-order valence-electron chi connectivity index (χ4n) is 2.34. The van der Waals surface area contributed by atoms with Crippen molar-refractivity contribution in [1.82, 2.24) is 25.2 Å². The summed E-state index contributed by atoms with van der Waals surface area (Å²) in [5.74, 6) is -0.181. The zero-order chi connectivity index (χ0) is 15.2. The Bertz CT molecular complexity index is 495. The van der Waals surface area contributed by atoms with E-state index in [4.69, 9.17) is 5.73 Å². The van der Waals surface area contributed by atoms with Crippen LogP contribution in [-0.4, -0.2) is 51.3 Å². The first-order valence-corrected chi connectivity index (χ1v) is 7.28. The molecule has 0 bridgehead atoms. The van der Waals surface area contributed by atoms with E-state index in [1.807, 2.05) is 11.8 Å². The van der Waals surface area contributed by atoms with Crippen LogP contribution in [0.5, 0.6) is 0 Å². The van der Waals surface area contributed by atoms with E-state index in [-0.39, 0.29) is 30.9 Å². The standard InChI is InChI=1S/C13H22N6O2/c1-10(13(21)18-5-3-2-4-6-18)19-9-11(16-17-19)8-15-12(20)7-14/h9-10H,2-8,14H2,1H3,(H,15,20). The molecule has 1 atom stereocenters. The van der Waals surface area contributed by atoms with Gasteiger partial charge >= 0.3 is 0 Å². The molecule has 1 aliphatic heterocycles. The minimum Gasteiger partial charge on any atom is -0.349 e. The fourth-order valence-corrected chi connectivity index (χ4v) is 2.34. The van der Waals surface area contributed by atoms with Crippen molar-refractivity contribution in [3.63, 3.8) is 0 Å². The molecule has 0 spiro atoms. The molecule has 0 aromatic carbocycles. The maximum atomic E-state index is 12.4. The molecular weight excluding hydrogens is 272 g/mol. The van der Waals surface area contributed by atoms with Gasteiger partial charge in [-0.1, -0.05) is 5.21 Å². The third-order valence-electron chi connectivity index (χ3n) is 3.63. The minimum atomic E-state index is -0.380. The topological polar surface area (TPSA) is 106 Å². The maximum absolute atomic E-state index is 12.4. The van der Waals surface area contributed by atoms with E-state index in [9.17, 15) is 9.59 Å². The Morgan fingerprint density at radius 3 is 2.76 bits per heavy atom. The molecule has 2 heterocycles. The van der Waals surface area contributed by atoms with Gasteiger partial charge in [0.15, 0.2) is 0 Å². The Hall–Kier alpha value is -1.96. The molecule has 1 unspecified atom stereocenters. The van der Waals surface area contributed by atoms with E-state index in [0.29, 0.717) is 5.69 Å². The quantitative estimate of drug-likeness (QED) is 0.756. The smallest absolute Gasteiger partial charge is 0.247 e. The van der Waals surface area contributed by atoms with Gasteiger partial charge in [-0.25, -0.2) is 4.68 Å². The molecular formula is C13H22N6O2. The van der Waals surface area contributed by atoms with Gasteiger partial charge in [-0.15, -0.1) is 5.10 Å². The second-order valence-corrected chi connectivity index (χ2v) is 5.23. The molecule has 3 N–H and O–H groups in total. The first-order chi connectivity index (χ1) is 10.1. The summed E-state index contributed by atoms with van der Waals surface area (Å²) >= 11 is 0. The van der Waals surface area contributed by atoms with Crippen LogP contribution in [0.15, 0.2) is 6.20 Å². The average molecular weight is 294 g/mol. The zero-order valence-corrected chi connectivity index (χ0v) is 12.3. The van der Waals surface area contributed by atoms with Crippen molar-refractivity contribution in [1.29, 1.82) is 0 Å². The summed E-state index contributed by atoms with van der Waals surface area (Å²) in [7, 11) is 0. The van der Waals surface area contributed by atoms with Crippen LogP contribution in [0.4, 0.5) is 0 Å². The number of hydrogen-bond donors (Lipinski definition) is 2. The molecule has 21 heavy (non-hydrogen) atoms. The number of amides is 2. The molecule has 1 aromatic heterocycles. The minimum absolute atomic E-state index is 0.0576. The van der Waals surface area contributed by atoms with Gasteiger partial charge in [-0.3, -0.25) is 9.59 Å². The maximum Gasteiger partial charge on any atom is 0.247 e. The molecule has 1 fully saturated rings. The Balaban J connectivity index is 1.93. The molecule has 2 amide bonds. The van der Waals surface area contributed by atoms with Crippen molar-refractivity contribution in [3.05, 3.63) is 11.9 Å². The third-order valence-corrected chi connectivity index (χ3v) is 3.63. The molecule has 2 rings (SSSR count). The summed E-state index contributed by atoms with van der Waals surface area (Å²) in [6.07, 6.45) is 4.99. The summed E-state index contributed by atoms with van der Waals surface area (Å²) in [4.78, 5) is 25.3. The molecule has 0 radical (unpaired) electrons. The van der Waals surface area contributed by atoms with Crippen LogP contribution in [0.25, 0.3) is 0 Å². The van der Waals surface area contributed by atoms with Crippen molar-refractivity contribution >= 4 is 11.8 Å². The second-order valence-electron chi connectivity index (χ2n) is 5.23. The number of nitrogens with zero attached hydrogens (tertiary/aromatic N) is 4. The Morgan fingerprint density at radius 1 is 1.38 bits per heavy atom. The summed E-state index contributed by atoms with van der Waals surface area (Å²) in [6.45, 7) is 3.65. The first kappa shape index (κ1) is 15.4. The van der Waals surface area contributed by atoms with E-state index in [0.717, 1.165) is 25.9 Å². The summed E-state index contributed by atoms with van der Waals surface area (Å²) in [5.41, 5.74) is 5.82. The number of nitrogens with two attached hydrogens (primary N) is 1. The number of hydrogen-bond acceptors (Lipinski definition) is 5. The number of nitrogens with one attached hydrogen (secondary N) is 1. The van der Waals surface area contributed by atoms with Gasteiger partial charge in [0, 0.05) is 13.1 Å². The Kier molecular flexibility index (Phi) is 5.26. The zero-order valence-electron chi connectivity index (χ0n) is 12.3. The normalized spacial score (nSPS) is 16.6. The highest BCUT2D eigenvalue weighted by atomic mass is 16.2. The highest BCUT2D eigenvalue weighted by molar-refractivity contribution is 5.80. The van der Waals surface area contributed by atoms with Gasteiger partial charge in [0.25, 0.3) is 0 Å². The number of likely N-dealkylation sites (tertiary alicyclic amines) is 1. The van der Waals surface area contributed by atoms with Crippen LogP contribution in [0.2, 0.25) is 0 Å². The lowest BCUT2D eigenvalue weighted by atomic mass is 10.1. The van der Waals surface area contributed by atoms with Crippen LogP contribution < -0.4 is 11.1 Å². The van der Waals surface area contributed by atoms with E-state index < -0.39 is 0 Å². The summed E-state index contributed by atoms with van der Waals surface area (Å²) < 4.78 is 1.54. The molecule has 1 aliphatic rings. The van der Waals surface area contributed by atoms with E-state index >= 15 is 0 Å². The molecule has 8 heteroatoms. The van der Waals surface area contributed by atoms with Gasteiger partial charge < -0.3 is 16.0 Å². The van der Waals surface area contributed by atoms with Crippen molar-refractivity contribution in [3.8, 4) is 0 Å². The lowest BCUT2D eigenvalue weighted by molar-refractivity contribution is -0.135. The SMILES string of the molecule is CC(C(=O)N1CCCCC1)n1cc(CNC(=O)CN)nn1. The highest BCUT2D eigenvalue weighted by Gasteiger charge is 2.24. The number of rotatable bonds is 5. The van der Waals surface area contributed by atoms with Crippen LogP contribution in [-0.2, 0) is 16.1 Å². The van der Waals surface area contributed by atoms with Crippen LogP contribution in [0, 0.1) is 0 Å². The van der Waals surface area contributed by atoms with E-state index in [2.05, 4.69) is 15.6 Å². The van der Waals surface area contributed by atoms with Gasteiger partial charge in [-0.2, -0.15) is 0 Å². The number of aromatic nitrogens is 3. The van der Waals surface area contributed by atoms with Gasteiger partial charge in [0.1, 0.15) is 11.7 Å². The Labute approximate surface area is 123 Å². The van der Waals surface area contributed by atoms with Crippen LogP contribution in [0.1, 0.15) is 37.9 Å². The predicted octanol–water partition coefficient (Wildman–Crippen LogP) is -0.573. The monoisotopic (exact) mass is 294 g/mol. The fraction of sp³-hybridized carbons (Fsp3) is 0.692. The van der Waals surface area contributed by atoms with Gasteiger partial charge in [0.2, 0.25) is 11.8 Å². The van der Waals surface area contributed by atoms with Crippen molar-refractivity contribution < 1.29 is 9.59 Å². The van der Waals surface area contributed by atoms with Crippen LogP contribution in [0.3, 0.4) is 0 Å². The van der Waals surface area contributed by atoms with Crippen molar-refractivity contribution in [2.45, 2.75) is 38.8 Å². The number of carbonyl (C=O) groups excluding carboxylic acids is 2. The highest BCUT2D eigenvalue weighted by Crippen LogP contribution is 2.15. The van der Waals surface area contributed by atoms with Crippen molar-refractivity contribution in [2.24, 2.45) is 5.73 Å². The van der Waals surface area contributed by atoms with Gasteiger partial charge in [0.05, 0.1) is 19.3 Å². The van der Waals surface area contributed by atoms with Crippen LogP contribution >= 0.6 is 0 Å². The largest absolute Gasteiger partial charge is 0.349 e. The average Bonchev–Trinajstić information content (AvgIpc) is 3.00. The van der Waals surface area contributed by atoms with E-state index in [1.54, 1.807) is 10.9 Å². The predicted molar refractivity (Wildman–Crippen MR) is 76.1 cm³/mol. The molecule has 116 valence electrons. The molecule has 8 nitrogen and oxygen atoms in total. The number of carbonyl (C=O) groups is 2. The molecule has 1 aromatic rings. The van der Waals surface area contributed by atoms with Gasteiger partial charge in [-0.05, 0) is 26.2 Å². The first-order valence-electron chi connectivity index (χ1n) is 7.28.